The molecule has 1 aromatic carbocycles. The van der Waals surface area contributed by atoms with Crippen LogP contribution in [0.2, 0.25) is 0 Å². The maximum atomic E-state index is 9.00. The van der Waals surface area contributed by atoms with Crippen LogP contribution in [0.25, 0.3) is 0 Å². The fourth-order valence-electron chi connectivity index (χ4n) is 2.18. The Bertz CT molecular complexity index is 360. The van der Waals surface area contributed by atoms with Crippen molar-refractivity contribution in [1.82, 2.24) is 5.32 Å². The van der Waals surface area contributed by atoms with E-state index in [4.69, 9.17) is 5.11 Å². The number of nitrogens with one attached hydrogen (secondary N) is 1. The van der Waals surface area contributed by atoms with Gasteiger partial charge in [0.1, 0.15) is 0 Å². The summed E-state index contributed by atoms with van der Waals surface area (Å²) in [5.41, 5.74) is 5.36. The van der Waals surface area contributed by atoms with Gasteiger partial charge in [-0.3, -0.25) is 0 Å². The topological polar surface area (TPSA) is 32.3 Å². The maximum absolute atomic E-state index is 9.00. The first-order chi connectivity index (χ1) is 7.85. The highest BCUT2D eigenvalue weighted by Gasteiger charge is 2.16. The maximum Gasteiger partial charge on any atom is 0.0448 e. The summed E-state index contributed by atoms with van der Waals surface area (Å²) < 4.78 is 0. The molecule has 0 saturated heterocycles. The number of hydrogen-bond acceptors (Lipinski definition) is 2. The van der Waals surface area contributed by atoms with Gasteiger partial charge in [-0.2, -0.15) is 0 Å². The second-order valence-corrected chi connectivity index (χ2v) is 5.59. The van der Waals surface area contributed by atoms with Crippen LogP contribution in [-0.2, 0) is 6.54 Å². The fraction of sp³-hybridized carbons (Fsp3) is 0.600. The Kier molecular flexibility index (Phi) is 4.72. The number of rotatable bonds is 5. The third kappa shape index (κ3) is 4.14. The normalized spacial score (nSPS) is 11.9. The molecule has 0 unspecified atom stereocenters. The summed E-state index contributed by atoms with van der Waals surface area (Å²) in [4.78, 5) is 0. The summed E-state index contributed by atoms with van der Waals surface area (Å²) in [6, 6.07) is 4.45. The van der Waals surface area contributed by atoms with E-state index < -0.39 is 0 Å². The molecule has 0 spiro atoms. The number of aryl methyl sites for hydroxylation is 3. The average molecular weight is 235 g/mol. The van der Waals surface area contributed by atoms with E-state index in [9.17, 15) is 0 Å². The van der Waals surface area contributed by atoms with Gasteiger partial charge >= 0.3 is 0 Å². The van der Waals surface area contributed by atoms with E-state index in [0.29, 0.717) is 0 Å². The zero-order chi connectivity index (χ0) is 13.1. The summed E-state index contributed by atoms with van der Waals surface area (Å²) in [6.07, 6.45) is 0.775. The molecule has 0 radical (unpaired) electrons. The van der Waals surface area contributed by atoms with E-state index in [2.05, 4.69) is 52.1 Å². The van der Waals surface area contributed by atoms with Gasteiger partial charge in [0.15, 0.2) is 0 Å². The molecule has 0 aliphatic carbocycles. The van der Waals surface area contributed by atoms with Crippen molar-refractivity contribution in [1.29, 1.82) is 0 Å². The van der Waals surface area contributed by atoms with E-state index in [1.54, 1.807) is 0 Å². The lowest BCUT2D eigenvalue weighted by Gasteiger charge is -2.26. The summed E-state index contributed by atoms with van der Waals surface area (Å²) in [7, 11) is 0. The highest BCUT2D eigenvalue weighted by atomic mass is 16.3. The number of aliphatic hydroxyl groups is 1. The van der Waals surface area contributed by atoms with Gasteiger partial charge in [0.2, 0.25) is 0 Å². The Balaban J connectivity index is 2.76. The number of hydrogen-bond donors (Lipinski definition) is 2. The van der Waals surface area contributed by atoms with E-state index in [1.807, 2.05) is 0 Å². The third-order valence-corrected chi connectivity index (χ3v) is 3.32. The minimum absolute atomic E-state index is 0.0154. The van der Waals surface area contributed by atoms with E-state index in [1.165, 1.54) is 22.3 Å². The Morgan fingerprint density at radius 3 is 2.12 bits per heavy atom. The molecule has 96 valence electrons. The zero-order valence-electron chi connectivity index (χ0n) is 11.7. The monoisotopic (exact) mass is 235 g/mol. The lowest BCUT2D eigenvalue weighted by atomic mass is 9.97. The van der Waals surface area contributed by atoms with Crippen LogP contribution in [0.3, 0.4) is 0 Å². The van der Waals surface area contributed by atoms with Crippen molar-refractivity contribution in [3.8, 4) is 0 Å². The van der Waals surface area contributed by atoms with Gasteiger partial charge in [0, 0.05) is 18.7 Å². The predicted molar refractivity (Wildman–Crippen MR) is 73.3 cm³/mol. The summed E-state index contributed by atoms with van der Waals surface area (Å²) in [5, 5.41) is 12.5. The summed E-state index contributed by atoms with van der Waals surface area (Å²) in [6.45, 7) is 11.8. The van der Waals surface area contributed by atoms with Gasteiger partial charge in [-0.05, 0) is 57.7 Å². The Labute approximate surface area is 105 Å². The van der Waals surface area contributed by atoms with Crippen molar-refractivity contribution in [2.75, 3.05) is 6.61 Å². The molecule has 0 fully saturated rings. The lowest BCUT2D eigenvalue weighted by Crippen LogP contribution is -2.39. The van der Waals surface area contributed by atoms with Crippen molar-refractivity contribution in [2.24, 2.45) is 0 Å². The second-order valence-electron chi connectivity index (χ2n) is 5.59. The highest BCUT2D eigenvalue weighted by molar-refractivity contribution is 5.37. The standard InChI is InChI=1S/C15H25NO/c1-11-8-12(2)14(13(3)9-11)10-16-15(4,5)6-7-17/h8-9,16-17H,6-7,10H2,1-5H3. The van der Waals surface area contributed by atoms with Crippen molar-refractivity contribution < 1.29 is 5.11 Å². The molecule has 2 N–H and O–H groups in total. The van der Waals surface area contributed by atoms with Crippen LogP contribution in [-0.4, -0.2) is 17.3 Å². The molecule has 0 aromatic heterocycles. The molecule has 1 rings (SSSR count). The second kappa shape index (κ2) is 5.65. The smallest absolute Gasteiger partial charge is 0.0448 e. The van der Waals surface area contributed by atoms with Crippen LogP contribution in [0, 0.1) is 20.8 Å². The number of aliphatic hydroxyl groups excluding tert-OH is 1. The van der Waals surface area contributed by atoms with Gasteiger partial charge in [-0.15, -0.1) is 0 Å². The molecule has 1 aromatic rings. The minimum atomic E-state index is -0.0154. The summed E-state index contributed by atoms with van der Waals surface area (Å²) >= 11 is 0. The van der Waals surface area contributed by atoms with Crippen molar-refractivity contribution in [2.45, 2.75) is 53.1 Å². The van der Waals surface area contributed by atoms with Crippen molar-refractivity contribution in [3.63, 3.8) is 0 Å². The van der Waals surface area contributed by atoms with E-state index >= 15 is 0 Å². The van der Waals surface area contributed by atoms with Crippen LogP contribution >= 0.6 is 0 Å². The molecule has 0 amide bonds. The van der Waals surface area contributed by atoms with Crippen LogP contribution in [0.4, 0.5) is 0 Å². The molecular formula is C15H25NO. The SMILES string of the molecule is Cc1cc(C)c(CNC(C)(C)CCO)c(C)c1. The Hall–Kier alpha value is -0.860. The minimum Gasteiger partial charge on any atom is -0.396 e. The van der Waals surface area contributed by atoms with Crippen LogP contribution in [0.5, 0.6) is 0 Å². The Morgan fingerprint density at radius 1 is 1.12 bits per heavy atom. The van der Waals surface area contributed by atoms with Crippen molar-refractivity contribution >= 4 is 0 Å². The highest BCUT2D eigenvalue weighted by Crippen LogP contribution is 2.18. The van der Waals surface area contributed by atoms with Crippen LogP contribution in [0.1, 0.15) is 42.5 Å². The first kappa shape index (κ1) is 14.2. The molecule has 0 saturated carbocycles. The quantitative estimate of drug-likeness (QED) is 0.822. The van der Waals surface area contributed by atoms with Gasteiger partial charge in [0.05, 0.1) is 0 Å². The molecule has 2 heteroatoms. The largest absolute Gasteiger partial charge is 0.396 e. The van der Waals surface area contributed by atoms with Crippen molar-refractivity contribution in [3.05, 3.63) is 34.4 Å². The molecule has 0 bridgehead atoms. The third-order valence-electron chi connectivity index (χ3n) is 3.32. The van der Waals surface area contributed by atoms with E-state index in [0.717, 1.165) is 13.0 Å². The van der Waals surface area contributed by atoms with Gasteiger partial charge in [0.25, 0.3) is 0 Å². The zero-order valence-corrected chi connectivity index (χ0v) is 11.7. The summed E-state index contributed by atoms with van der Waals surface area (Å²) in [5.74, 6) is 0. The molecule has 0 heterocycles. The molecule has 17 heavy (non-hydrogen) atoms. The average Bonchev–Trinajstić information content (AvgIpc) is 2.15. The molecule has 0 atom stereocenters. The van der Waals surface area contributed by atoms with Crippen LogP contribution in [0.15, 0.2) is 12.1 Å². The molecule has 0 aliphatic heterocycles. The molecule has 2 nitrogen and oxygen atoms in total. The fourth-order valence-corrected chi connectivity index (χ4v) is 2.18. The van der Waals surface area contributed by atoms with Gasteiger partial charge in [-0.1, -0.05) is 17.7 Å². The first-order valence-electron chi connectivity index (χ1n) is 6.28. The molecule has 0 aliphatic rings. The van der Waals surface area contributed by atoms with Crippen LogP contribution < -0.4 is 5.32 Å². The Morgan fingerprint density at radius 2 is 1.65 bits per heavy atom. The van der Waals surface area contributed by atoms with Gasteiger partial charge < -0.3 is 10.4 Å². The molecular weight excluding hydrogens is 210 g/mol. The first-order valence-corrected chi connectivity index (χ1v) is 6.28. The van der Waals surface area contributed by atoms with Gasteiger partial charge in [-0.25, -0.2) is 0 Å². The number of benzene rings is 1. The van der Waals surface area contributed by atoms with E-state index in [-0.39, 0.29) is 12.1 Å². The predicted octanol–water partition coefficient (Wildman–Crippen LogP) is 2.86. The lowest BCUT2D eigenvalue weighted by molar-refractivity contribution is 0.230.